The van der Waals surface area contributed by atoms with Gasteiger partial charge in [0.15, 0.2) is 0 Å². The number of nitrogens with one attached hydrogen (secondary N) is 1. The molecule has 142 valence electrons. The third-order valence-electron chi connectivity index (χ3n) is 6.24. The third kappa shape index (κ3) is 2.34. The molecular formula is C20H22N8. The quantitative estimate of drug-likeness (QED) is 0.592. The molecule has 0 amide bonds. The Hall–Kier alpha value is -3.00. The molecule has 3 aromatic heterocycles. The molecule has 1 N–H and O–H groups in total. The van der Waals surface area contributed by atoms with Crippen LogP contribution in [0.15, 0.2) is 36.7 Å². The van der Waals surface area contributed by atoms with Gasteiger partial charge in [-0.05, 0) is 49.1 Å². The first-order valence-corrected chi connectivity index (χ1v) is 9.68. The van der Waals surface area contributed by atoms with E-state index in [1.54, 1.807) is 4.68 Å². The van der Waals surface area contributed by atoms with Crippen molar-refractivity contribution in [1.29, 1.82) is 0 Å². The van der Waals surface area contributed by atoms with Gasteiger partial charge in [-0.2, -0.15) is 0 Å². The highest BCUT2D eigenvalue weighted by Crippen LogP contribution is 2.48. The Kier molecular flexibility index (Phi) is 3.15. The van der Waals surface area contributed by atoms with E-state index >= 15 is 0 Å². The van der Waals surface area contributed by atoms with E-state index in [1.165, 1.54) is 25.9 Å². The van der Waals surface area contributed by atoms with Crippen LogP contribution >= 0.6 is 0 Å². The minimum atomic E-state index is 0.487. The molecule has 4 heterocycles. The molecule has 1 aromatic carbocycles. The van der Waals surface area contributed by atoms with Crippen LogP contribution in [0.5, 0.6) is 0 Å². The fourth-order valence-corrected chi connectivity index (χ4v) is 5.04. The first-order chi connectivity index (χ1) is 13.6. The summed E-state index contributed by atoms with van der Waals surface area (Å²) in [4.78, 5) is 6.97. The molecule has 8 heteroatoms. The van der Waals surface area contributed by atoms with Crippen LogP contribution in [0.3, 0.4) is 0 Å². The van der Waals surface area contributed by atoms with Crippen LogP contribution in [0.2, 0.25) is 0 Å². The second-order valence-electron chi connectivity index (χ2n) is 8.48. The Morgan fingerprint density at radius 2 is 1.96 bits per heavy atom. The molecule has 1 aliphatic heterocycles. The van der Waals surface area contributed by atoms with E-state index in [-0.39, 0.29) is 0 Å². The maximum atomic E-state index is 4.67. The number of anilines is 1. The standard InChI is InChI=1S/C20H22N8/c1-26-11-20(12-26)8-14(9-20)22-19-21-10-18-15(5-6-28(18)24-19)13-3-4-16-17(7-13)27(2)25-23-16/h3-7,10,14H,8-9,11-12H2,1-2H3,(H,22,24). The van der Waals surface area contributed by atoms with Crippen molar-refractivity contribution in [2.24, 2.45) is 12.5 Å². The van der Waals surface area contributed by atoms with Crippen molar-refractivity contribution in [3.05, 3.63) is 36.7 Å². The Balaban J connectivity index is 1.26. The highest BCUT2D eigenvalue weighted by atomic mass is 15.4. The van der Waals surface area contributed by atoms with Crippen LogP contribution in [0.1, 0.15) is 12.8 Å². The number of hydrogen-bond acceptors (Lipinski definition) is 6. The lowest BCUT2D eigenvalue weighted by Crippen LogP contribution is -2.63. The SMILES string of the molecule is CN1CC2(CC(Nc3ncc4c(-c5ccc6nnn(C)c6c5)ccn4n3)C2)C1. The average Bonchev–Trinajstić information content (AvgIpc) is 3.22. The van der Waals surface area contributed by atoms with Crippen molar-refractivity contribution in [3.8, 4) is 11.1 Å². The van der Waals surface area contributed by atoms with E-state index in [1.807, 2.05) is 30.0 Å². The largest absolute Gasteiger partial charge is 0.350 e. The monoisotopic (exact) mass is 374 g/mol. The molecule has 0 radical (unpaired) electrons. The lowest BCUT2D eigenvalue weighted by atomic mass is 9.61. The summed E-state index contributed by atoms with van der Waals surface area (Å²) in [7, 11) is 4.10. The minimum absolute atomic E-state index is 0.487. The van der Waals surface area contributed by atoms with Crippen LogP contribution < -0.4 is 5.32 Å². The van der Waals surface area contributed by atoms with E-state index in [9.17, 15) is 0 Å². The van der Waals surface area contributed by atoms with Gasteiger partial charge in [0, 0.05) is 37.9 Å². The van der Waals surface area contributed by atoms with Gasteiger partial charge in [-0.15, -0.1) is 10.2 Å². The normalized spacial score (nSPS) is 19.2. The molecule has 0 bridgehead atoms. The molecule has 1 aliphatic carbocycles. The van der Waals surface area contributed by atoms with Gasteiger partial charge in [-0.3, -0.25) is 0 Å². The van der Waals surface area contributed by atoms with Gasteiger partial charge in [0.1, 0.15) is 5.52 Å². The summed E-state index contributed by atoms with van der Waals surface area (Å²) in [6, 6.07) is 8.76. The van der Waals surface area contributed by atoms with Crippen LogP contribution in [-0.2, 0) is 7.05 Å². The molecule has 0 atom stereocenters. The molecule has 0 unspecified atom stereocenters. The van der Waals surface area contributed by atoms with Crippen LogP contribution in [0, 0.1) is 5.41 Å². The molecule has 1 saturated carbocycles. The fourth-order valence-electron chi connectivity index (χ4n) is 5.04. The zero-order valence-electron chi connectivity index (χ0n) is 16.0. The highest BCUT2D eigenvalue weighted by Gasteiger charge is 2.51. The molecule has 4 aromatic rings. The third-order valence-corrected chi connectivity index (χ3v) is 6.24. The fraction of sp³-hybridized carbons (Fsp3) is 0.400. The topological polar surface area (TPSA) is 76.2 Å². The number of hydrogen-bond donors (Lipinski definition) is 1. The Labute approximate surface area is 162 Å². The average molecular weight is 374 g/mol. The van der Waals surface area contributed by atoms with Crippen LogP contribution in [0.4, 0.5) is 5.95 Å². The molecule has 2 aliphatic rings. The number of fused-ring (bicyclic) bond motifs is 2. The van der Waals surface area contributed by atoms with Crippen molar-refractivity contribution in [2.45, 2.75) is 18.9 Å². The van der Waals surface area contributed by atoms with Gasteiger partial charge < -0.3 is 10.2 Å². The van der Waals surface area contributed by atoms with Crippen molar-refractivity contribution < 1.29 is 0 Å². The van der Waals surface area contributed by atoms with E-state index < -0.39 is 0 Å². The zero-order valence-corrected chi connectivity index (χ0v) is 16.0. The molecular weight excluding hydrogens is 352 g/mol. The number of rotatable bonds is 3. The molecule has 6 rings (SSSR count). The molecule has 1 spiro atoms. The second-order valence-corrected chi connectivity index (χ2v) is 8.48. The lowest BCUT2D eigenvalue weighted by Gasteiger charge is -2.58. The Bertz CT molecular complexity index is 1190. The van der Waals surface area contributed by atoms with Crippen LogP contribution in [-0.4, -0.2) is 60.7 Å². The van der Waals surface area contributed by atoms with E-state index in [0.717, 1.165) is 27.7 Å². The highest BCUT2D eigenvalue weighted by molar-refractivity contribution is 5.87. The van der Waals surface area contributed by atoms with E-state index in [0.29, 0.717) is 17.4 Å². The summed E-state index contributed by atoms with van der Waals surface area (Å²) in [6.07, 6.45) is 6.33. The van der Waals surface area contributed by atoms with Crippen molar-refractivity contribution in [1.82, 2.24) is 34.5 Å². The van der Waals surface area contributed by atoms with Gasteiger partial charge in [0.2, 0.25) is 5.95 Å². The minimum Gasteiger partial charge on any atom is -0.350 e. The summed E-state index contributed by atoms with van der Waals surface area (Å²) >= 11 is 0. The second kappa shape index (κ2) is 5.51. The number of benzene rings is 1. The van der Waals surface area contributed by atoms with Crippen molar-refractivity contribution in [3.63, 3.8) is 0 Å². The van der Waals surface area contributed by atoms with Gasteiger partial charge in [-0.1, -0.05) is 11.3 Å². The Morgan fingerprint density at radius 1 is 1.11 bits per heavy atom. The number of aryl methyl sites for hydroxylation is 1. The first-order valence-electron chi connectivity index (χ1n) is 9.68. The lowest BCUT2D eigenvalue weighted by molar-refractivity contribution is -0.0514. The number of nitrogens with zero attached hydrogens (tertiary/aromatic N) is 7. The summed E-state index contributed by atoms with van der Waals surface area (Å²) in [5.41, 5.74) is 5.67. The number of aromatic nitrogens is 6. The van der Waals surface area contributed by atoms with Gasteiger partial charge >= 0.3 is 0 Å². The smallest absolute Gasteiger partial charge is 0.241 e. The maximum Gasteiger partial charge on any atom is 0.241 e. The van der Waals surface area contributed by atoms with Gasteiger partial charge in [0.25, 0.3) is 0 Å². The van der Waals surface area contributed by atoms with Gasteiger partial charge in [-0.25, -0.2) is 14.2 Å². The summed E-state index contributed by atoms with van der Waals surface area (Å²) in [6.45, 7) is 2.45. The van der Waals surface area contributed by atoms with E-state index in [4.69, 9.17) is 0 Å². The maximum absolute atomic E-state index is 4.67. The zero-order chi connectivity index (χ0) is 18.9. The first kappa shape index (κ1) is 16.0. The molecule has 2 fully saturated rings. The summed E-state index contributed by atoms with van der Waals surface area (Å²) in [5.74, 6) is 0.702. The predicted octanol–water partition coefficient (Wildman–Crippen LogP) is 2.18. The van der Waals surface area contributed by atoms with Crippen molar-refractivity contribution >= 4 is 22.5 Å². The van der Waals surface area contributed by atoms with Gasteiger partial charge in [0.05, 0.1) is 17.2 Å². The molecule has 1 saturated heterocycles. The van der Waals surface area contributed by atoms with E-state index in [2.05, 4.69) is 55.9 Å². The number of likely N-dealkylation sites (tertiary alicyclic amines) is 1. The molecule has 28 heavy (non-hydrogen) atoms. The Morgan fingerprint density at radius 3 is 2.79 bits per heavy atom. The molecule has 8 nitrogen and oxygen atoms in total. The summed E-state index contributed by atoms with van der Waals surface area (Å²) < 4.78 is 3.70. The van der Waals surface area contributed by atoms with Crippen LogP contribution in [0.25, 0.3) is 27.7 Å². The predicted molar refractivity (Wildman–Crippen MR) is 107 cm³/mol. The van der Waals surface area contributed by atoms with Crippen molar-refractivity contribution in [2.75, 3.05) is 25.5 Å². The summed E-state index contributed by atoms with van der Waals surface area (Å²) in [5, 5.41) is 16.4.